The van der Waals surface area contributed by atoms with Gasteiger partial charge in [-0.2, -0.15) is 4.31 Å². The summed E-state index contributed by atoms with van der Waals surface area (Å²) in [7, 11) is -4.04. The van der Waals surface area contributed by atoms with E-state index in [9.17, 15) is 18.0 Å². The molecule has 0 radical (unpaired) electrons. The maximum absolute atomic E-state index is 13.4. The summed E-state index contributed by atoms with van der Waals surface area (Å²) in [5.74, 6) is -0.760. The molecule has 0 bridgehead atoms. The van der Waals surface area contributed by atoms with Crippen LogP contribution in [0.5, 0.6) is 0 Å². The van der Waals surface area contributed by atoms with Crippen LogP contribution in [0.15, 0.2) is 76.1 Å². The Balaban J connectivity index is 1.84. The Morgan fingerprint density at radius 2 is 1.50 bits per heavy atom. The number of rotatable bonds is 8. The second-order valence-corrected chi connectivity index (χ2v) is 11.0. The van der Waals surface area contributed by atoms with Crippen LogP contribution in [0, 0.1) is 0 Å². The number of sulfonamides is 1. The van der Waals surface area contributed by atoms with Crippen LogP contribution in [0.2, 0.25) is 10.0 Å². The number of nitrogens with zero attached hydrogens (tertiary/aromatic N) is 1. The minimum Gasteiger partial charge on any atom is -0.326 e. The highest BCUT2D eigenvalue weighted by molar-refractivity contribution is 9.10. The molecule has 0 aliphatic rings. The van der Waals surface area contributed by atoms with Crippen LogP contribution < -0.4 is 10.6 Å². The second-order valence-electron chi connectivity index (χ2n) is 7.27. The lowest BCUT2D eigenvalue weighted by atomic mass is 10.2. The Bertz CT molecular complexity index is 1300. The number of hydrogen-bond acceptors (Lipinski definition) is 4. The fraction of sp³-hybridized carbons (Fsp3) is 0.130. The molecule has 0 aliphatic heterocycles. The molecule has 0 heterocycles. The first-order chi connectivity index (χ1) is 16.0. The van der Waals surface area contributed by atoms with Crippen molar-refractivity contribution in [3.63, 3.8) is 0 Å². The fourth-order valence-corrected chi connectivity index (χ4v) is 5.13. The van der Waals surface area contributed by atoms with Gasteiger partial charge in [-0.25, -0.2) is 8.42 Å². The van der Waals surface area contributed by atoms with Gasteiger partial charge in [0.15, 0.2) is 0 Å². The molecule has 0 atom stereocenters. The monoisotopic (exact) mass is 583 g/mol. The number of carbonyl (C=O) groups is 2. The van der Waals surface area contributed by atoms with E-state index in [1.807, 2.05) is 0 Å². The van der Waals surface area contributed by atoms with Gasteiger partial charge in [0, 0.05) is 39.4 Å². The highest BCUT2D eigenvalue weighted by atomic mass is 79.9. The van der Waals surface area contributed by atoms with E-state index in [2.05, 4.69) is 26.6 Å². The first kappa shape index (κ1) is 26.2. The lowest BCUT2D eigenvalue weighted by Gasteiger charge is -2.22. The summed E-state index contributed by atoms with van der Waals surface area (Å²) in [4.78, 5) is 24.0. The quantitative estimate of drug-likeness (QED) is 0.363. The maximum atomic E-state index is 13.4. The van der Waals surface area contributed by atoms with E-state index in [1.165, 1.54) is 25.1 Å². The molecule has 3 aromatic rings. The number of anilines is 2. The summed E-state index contributed by atoms with van der Waals surface area (Å²) in [5, 5.41) is 6.01. The second kappa shape index (κ2) is 11.3. The van der Waals surface area contributed by atoms with E-state index in [0.29, 0.717) is 22.0 Å². The fourth-order valence-electron chi connectivity index (χ4n) is 3.02. The van der Waals surface area contributed by atoms with Gasteiger partial charge < -0.3 is 10.6 Å². The number of benzene rings is 3. The van der Waals surface area contributed by atoms with Crippen molar-refractivity contribution in [3.05, 3.63) is 86.8 Å². The first-order valence-corrected chi connectivity index (χ1v) is 12.9. The third-order valence-corrected chi connectivity index (χ3v) is 7.54. The molecule has 0 aromatic heterocycles. The summed E-state index contributed by atoms with van der Waals surface area (Å²) in [5.41, 5.74) is 1.52. The van der Waals surface area contributed by atoms with Crippen molar-refractivity contribution >= 4 is 72.3 Å². The molecule has 3 rings (SSSR count). The van der Waals surface area contributed by atoms with Gasteiger partial charge in [-0.15, -0.1) is 0 Å². The Labute approximate surface area is 216 Å². The molecular formula is C23H20BrCl2N3O4S. The minimum atomic E-state index is -4.04. The molecule has 2 N–H and O–H groups in total. The Morgan fingerprint density at radius 1 is 0.912 bits per heavy atom. The van der Waals surface area contributed by atoms with E-state index < -0.39 is 22.5 Å². The van der Waals surface area contributed by atoms with Gasteiger partial charge in [0.05, 0.1) is 11.4 Å². The Hall–Kier alpha value is -2.43. The molecule has 0 fully saturated rings. The van der Waals surface area contributed by atoms with Crippen molar-refractivity contribution in [2.24, 2.45) is 0 Å². The molecule has 0 unspecified atom stereocenters. The molecule has 7 nitrogen and oxygen atoms in total. The van der Waals surface area contributed by atoms with Crippen molar-refractivity contribution in [2.45, 2.75) is 18.4 Å². The summed E-state index contributed by atoms with van der Waals surface area (Å²) in [6, 6.07) is 17.3. The molecule has 178 valence electrons. The van der Waals surface area contributed by atoms with Crippen molar-refractivity contribution in [3.8, 4) is 0 Å². The average molecular weight is 585 g/mol. The number of carbonyl (C=O) groups excluding carboxylic acids is 2. The van der Waals surface area contributed by atoms with Crippen LogP contribution in [0.25, 0.3) is 0 Å². The van der Waals surface area contributed by atoms with E-state index >= 15 is 0 Å². The summed E-state index contributed by atoms with van der Waals surface area (Å²) in [6.07, 6.45) is 0. The summed E-state index contributed by atoms with van der Waals surface area (Å²) < 4.78 is 28.5. The van der Waals surface area contributed by atoms with Crippen LogP contribution in [0.3, 0.4) is 0 Å². The first-order valence-electron chi connectivity index (χ1n) is 9.92. The lowest BCUT2D eigenvalue weighted by molar-refractivity contribution is -0.116. The number of amides is 2. The molecule has 0 aliphatic carbocycles. The predicted molar refractivity (Wildman–Crippen MR) is 138 cm³/mol. The smallest absolute Gasteiger partial charge is 0.243 e. The number of halogens is 3. The van der Waals surface area contributed by atoms with E-state index in [4.69, 9.17) is 23.2 Å². The van der Waals surface area contributed by atoms with Gasteiger partial charge in [0.2, 0.25) is 21.8 Å². The van der Waals surface area contributed by atoms with Gasteiger partial charge in [-0.3, -0.25) is 9.59 Å². The maximum Gasteiger partial charge on any atom is 0.243 e. The van der Waals surface area contributed by atoms with Gasteiger partial charge in [0.25, 0.3) is 0 Å². The van der Waals surface area contributed by atoms with Crippen molar-refractivity contribution < 1.29 is 18.0 Å². The Morgan fingerprint density at radius 3 is 2.06 bits per heavy atom. The molecular weight excluding hydrogens is 565 g/mol. The Kier molecular flexibility index (Phi) is 8.72. The molecule has 0 spiro atoms. The average Bonchev–Trinajstić information content (AvgIpc) is 2.76. The summed E-state index contributed by atoms with van der Waals surface area (Å²) >= 11 is 15.5. The van der Waals surface area contributed by atoms with Gasteiger partial charge in [-0.05, 0) is 66.2 Å². The van der Waals surface area contributed by atoms with Gasteiger partial charge in [-0.1, -0.05) is 45.2 Å². The molecule has 0 saturated carbocycles. The number of nitrogens with one attached hydrogen (secondary N) is 2. The molecule has 3 aromatic carbocycles. The molecule has 0 saturated heterocycles. The highest BCUT2D eigenvalue weighted by Crippen LogP contribution is 2.26. The molecule has 34 heavy (non-hydrogen) atoms. The predicted octanol–water partition coefficient (Wildman–Crippen LogP) is 5.54. The number of hydrogen-bond donors (Lipinski definition) is 2. The summed E-state index contributed by atoms with van der Waals surface area (Å²) in [6.45, 7) is 0.803. The minimum absolute atomic E-state index is 0.0354. The molecule has 2 amide bonds. The topological polar surface area (TPSA) is 95.6 Å². The van der Waals surface area contributed by atoms with Crippen molar-refractivity contribution in [1.82, 2.24) is 4.31 Å². The molecule has 11 heteroatoms. The van der Waals surface area contributed by atoms with E-state index in [0.717, 1.165) is 8.78 Å². The SMILES string of the molecule is CC(=O)Nc1ccc(NC(=O)CN(Cc2ccc(Cl)cc2Cl)S(=O)(=O)c2ccc(Br)cc2)cc1. The zero-order chi connectivity index (χ0) is 24.9. The van der Waals surface area contributed by atoms with Crippen molar-refractivity contribution in [1.29, 1.82) is 0 Å². The van der Waals surface area contributed by atoms with Crippen LogP contribution in [0.4, 0.5) is 11.4 Å². The van der Waals surface area contributed by atoms with E-state index in [-0.39, 0.29) is 22.4 Å². The zero-order valence-corrected chi connectivity index (χ0v) is 21.8. The van der Waals surface area contributed by atoms with Crippen molar-refractivity contribution in [2.75, 3.05) is 17.2 Å². The normalized spacial score (nSPS) is 11.3. The van der Waals surface area contributed by atoms with E-state index in [1.54, 1.807) is 48.5 Å². The standard InChI is InChI=1S/C23H20BrCl2N3O4S/c1-15(30)27-19-6-8-20(9-7-19)28-23(31)14-29(13-16-2-5-18(25)12-22(16)26)34(32,33)21-10-3-17(24)4-11-21/h2-12H,13-14H2,1H3,(H,27,30)(H,28,31). The third-order valence-electron chi connectivity index (χ3n) is 4.62. The van der Waals surface area contributed by atoms with Crippen LogP contribution in [-0.2, 0) is 26.2 Å². The van der Waals surface area contributed by atoms with Crippen LogP contribution in [-0.4, -0.2) is 31.1 Å². The highest BCUT2D eigenvalue weighted by Gasteiger charge is 2.27. The zero-order valence-electron chi connectivity index (χ0n) is 17.9. The van der Waals surface area contributed by atoms with Gasteiger partial charge >= 0.3 is 0 Å². The third kappa shape index (κ3) is 7.04. The largest absolute Gasteiger partial charge is 0.326 e. The van der Waals surface area contributed by atoms with Gasteiger partial charge in [0.1, 0.15) is 0 Å². The van der Waals surface area contributed by atoms with Crippen LogP contribution >= 0.6 is 39.1 Å². The lowest BCUT2D eigenvalue weighted by Crippen LogP contribution is -2.37. The van der Waals surface area contributed by atoms with Crippen LogP contribution in [0.1, 0.15) is 12.5 Å².